The summed E-state index contributed by atoms with van der Waals surface area (Å²) in [5.41, 5.74) is 3.01. The topological polar surface area (TPSA) is 92.7 Å². The van der Waals surface area contributed by atoms with Crippen LogP contribution in [0, 0.1) is 23.2 Å². The third-order valence-corrected chi connectivity index (χ3v) is 11.6. The first-order valence-electron chi connectivity index (χ1n) is 15.9. The second kappa shape index (κ2) is 14.2. The molecular formula is C33H50N6O2S. The molecule has 3 fully saturated rings. The van der Waals surface area contributed by atoms with E-state index in [1.807, 2.05) is 11.9 Å². The summed E-state index contributed by atoms with van der Waals surface area (Å²) >= 11 is 2.18. The lowest BCUT2D eigenvalue weighted by Gasteiger charge is -2.56. The maximum Gasteiger partial charge on any atom is 0.246 e. The van der Waals surface area contributed by atoms with E-state index in [1.54, 1.807) is 0 Å². The first kappa shape index (κ1) is 31.5. The van der Waals surface area contributed by atoms with Crippen LogP contribution in [-0.4, -0.2) is 84.9 Å². The number of nitrogens with one attached hydrogen (secondary N) is 3. The lowest BCUT2D eigenvalue weighted by molar-refractivity contribution is -0.135. The van der Waals surface area contributed by atoms with E-state index in [2.05, 4.69) is 83.4 Å². The van der Waals surface area contributed by atoms with E-state index in [1.165, 1.54) is 23.6 Å². The van der Waals surface area contributed by atoms with Gasteiger partial charge in [0, 0.05) is 41.6 Å². The molecule has 1 spiro atoms. The molecule has 230 valence electrons. The third kappa shape index (κ3) is 7.06. The summed E-state index contributed by atoms with van der Waals surface area (Å²) in [7, 11) is 2.00. The molecule has 1 saturated carbocycles. The van der Waals surface area contributed by atoms with Gasteiger partial charge in [-0.25, -0.2) is 0 Å². The van der Waals surface area contributed by atoms with Crippen LogP contribution in [0.4, 0.5) is 0 Å². The molecule has 2 saturated heterocycles. The molecule has 1 aliphatic carbocycles. The number of amides is 1. The van der Waals surface area contributed by atoms with Gasteiger partial charge >= 0.3 is 0 Å². The van der Waals surface area contributed by atoms with E-state index in [4.69, 9.17) is 4.74 Å². The van der Waals surface area contributed by atoms with Gasteiger partial charge in [-0.3, -0.25) is 20.3 Å². The Kier molecular flexibility index (Phi) is 10.7. The van der Waals surface area contributed by atoms with Crippen molar-refractivity contribution >= 4 is 17.7 Å². The number of hydrogen-bond donors (Lipinski definition) is 3. The van der Waals surface area contributed by atoms with Crippen molar-refractivity contribution in [3.63, 3.8) is 0 Å². The second-order valence-electron chi connectivity index (χ2n) is 12.9. The van der Waals surface area contributed by atoms with Crippen molar-refractivity contribution in [3.05, 3.63) is 48.0 Å². The van der Waals surface area contributed by atoms with Crippen LogP contribution in [0.25, 0.3) is 0 Å². The maximum atomic E-state index is 12.6. The number of hydrogen-bond acceptors (Lipinski definition) is 8. The number of fused-ring (bicyclic) bond motifs is 2. The Balaban J connectivity index is 1.33. The Bertz CT molecular complexity index is 1130. The number of nitrogens with zero attached hydrogens (tertiary/aromatic N) is 3. The Morgan fingerprint density at radius 3 is 2.98 bits per heavy atom. The quantitative estimate of drug-likeness (QED) is 0.277. The fourth-order valence-corrected chi connectivity index (χ4v) is 9.67. The van der Waals surface area contributed by atoms with Crippen molar-refractivity contribution < 1.29 is 9.53 Å². The molecule has 42 heavy (non-hydrogen) atoms. The first-order chi connectivity index (χ1) is 20.4. The van der Waals surface area contributed by atoms with Gasteiger partial charge < -0.3 is 15.0 Å². The molecule has 0 bridgehead atoms. The molecule has 3 N–H and O–H groups in total. The Labute approximate surface area is 257 Å². The SMILES string of the molecule is C=CC(=O)N1CCN(C2NC(OCC(C)CCCNC)NC3C[C@]4(CCC32)Cc2ccccc2C(C)S4)CC1CC#N. The highest BCUT2D eigenvalue weighted by Crippen LogP contribution is 2.55. The van der Waals surface area contributed by atoms with Crippen LogP contribution in [0.1, 0.15) is 68.7 Å². The van der Waals surface area contributed by atoms with E-state index in [0.29, 0.717) is 49.2 Å². The van der Waals surface area contributed by atoms with Crippen LogP contribution in [0.5, 0.6) is 0 Å². The molecule has 9 heteroatoms. The van der Waals surface area contributed by atoms with Crippen molar-refractivity contribution in [2.45, 2.75) is 93.4 Å². The first-order valence-corrected chi connectivity index (χ1v) is 16.8. The van der Waals surface area contributed by atoms with E-state index < -0.39 is 0 Å². The van der Waals surface area contributed by atoms with E-state index in [9.17, 15) is 10.1 Å². The lowest BCUT2D eigenvalue weighted by atomic mass is 9.72. The number of carbonyl (C=O) groups excluding carboxylic acids is 1. The van der Waals surface area contributed by atoms with Gasteiger partial charge in [-0.05, 0) is 82.2 Å². The average Bonchev–Trinajstić information content (AvgIpc) is 2.99. The summed E-state index contributed by atoms with van der Waals surface area (Å²) in [4.78, 5) is 16.9. The molecule has 4 aliphatic rings. The molecule has 3 heterocycles. The summed E-state index contributed by atoms with van der Waals surface area (Å²) < 4.78 is 6.77. The molecule has 1 amide bonds. The minimum Gasteiger partial charge on any atom is -0.350 e. The number of thioether (sulfide) groups is 1. The molecule has 8 nitrogen and oxygen atoms in total. The van der Waals surface area contributed by atoms with E-state index >= 15 is 0 Å². The summed E-state index contributed by atoms with van der Waals surface area (Å²) in [6.45, 7) is 12.2. The Hall–Kier alpha value is -1.93. The molecule has 1 aromatic carbocycles. The van der Waals surface area contributed by atoms with E-state index in [0.717, 1.165) is 45.2 Å². The van der Waals surface area contributed by atoms with Crippen LogP contribution in [0.15, 0.2) is 36.9 Å². The van der Waals surface area contributed by atoms with Crippen LogP contribution >= 0.6 is 11.8 Å². The third-order valence-electron chi connectivity index (χ3n) is 9.93. The molecule has 3 aliphatic heterocycles. The van der Waals surface area contributed by atoms with Crippen molar-refractivity contribution in [1.29, 1.82) is 5.26 Å². The number of nitriles is 1. The largest absolute Gasteiger partial charge is 0.350 e. The number of rotatable bonds is 10. The van der Waals surface area contributed by atoms with Crippen LogP contribution in [0.2, 0.25) is 0 Å². The minimum absolute atomic E-state index is 0.0807. The smallest absolute Gasteiger partial charge is 0.246 e. The van der Waals surface area contributed by atoms with Gasteiger partial charge in [0.2, 0.25) is 5.91 Å². The zero-order chi connectivity index (χ0) is 29.7. The zero-order valence-electron chi connectivity index (χ0n) is 25.7. The standard InChI is InChI=1S/C33H50N6O2S/c1-5-30(40)39-18-17-38(21-26(39)13-15-34)31-28-12-14-33(19-25-10-6-7-11-27(25)24(3)42-33)20-29(28)36-32(37-31)41-22-23(2)9-8-16-35-4/h5-7,10-11,23-24,26,28-29,31-32,35-37H,1,8-9,12-14,16-22H2,2-4H3/t23?,24?,26?,28?,29?,31?,32?,33-/m0/s1. The van der Waals surface area contributed by atoms with E-state index in [-0.39, 0.29) is 29.2 Å². The fraction of sp³-hybridized carbons (Fsp3) is 0.697. The van der Waals surface area contributed by atoms with Crippen molar-refractivity contribution in [2.75, 3.05) is 39.8 Å². The van der Waals surface area contributed by atoms with Crippen LogP contribution in [0.3, 0.4) is 0 Å². The van der Waals surface area contributed by atoms with Gasteiger partial charge in [0.1, 0.15) is 0 Å². The van der Waals surface area contributed by atoms with Crippen molar-refractivity contribution in [3.8, 4) is 6.07 Å². The zero-order valence-corrected chi connectivity index (χ0v) is 26.5. The highest BCUT2D eigenvalue weighted by molar-refractivity contribution is 8.00. The molecule has 1 aromatic rings. The molecule has 5 rings (SSSR count). The molecule has 0 aromatic heterocycles. The number of carbonyl (C=O) groups is 1. The summed E-state index contributed by atoms with van der Waals surface area (Å²) in [6.07, 6.45) is 8.48. The monoisotopic (exact) mass is 594 g/mol. The number of piperazine rings is 1. The molecule has 7 unspecified atom stereocenters. The van der Waals surface area contributed by atoms with Gasteiger partial charge in [0.25, 0.3) is 0 Å². The molecule has 8 atom stereocenters. The normalized spacial score (nSPS) is 33.8. The van der Waals surface area contributed by atoms with Crippen LogP contribution in [-0.2, 0) is 16.0 Å². The van der Waals surface area contributed by atoms with Gasteiger partial charge in [-0.1, -0.05) is 37.8 Å². The summed E-state index contributed by atoms with van der Waals surface area (Å²) in [5, 5.41) is 21.1. The van der Waals surface area contributed by atoms with Crippen LogP contribution < -0.4 is 16.0 Å². The number of ether oxygens (including phenoxy) is 1. The van der Waals surface area contributed by atoms with Gasteiger partial charge in [0.05, 0.1) is 31.3 Å². The van der Waals surface area contributed by atoms with Crippen molar-refractivity contribution in [2.24, 2.45) is 11.8 Å². The predicted molar refractivity (Wildman–Crippen MR) is 170 cm³/mol. The predicted octanol–water partition coefficient (Wildman–Crippen LogP) is 4.01. The minimum atomic E-state index is -0.223. The Morgan fingerprint density at radius 1 is 1.36 bits per heavy atom. The van der Waals surface area contributed by atoms with Crippen molar-refractivity contribution in [1.82, 2.24) is 25.8 Å². The fourth-order valence-electron chi connectivity index (χ4n) is 7.82. The number of benzene rings is 1. The van der Waals surface area contributed by atoms with Gasteiger partial charge in [-0.15, -0.1) is 11.8 Å². The summed E-state index contributed by atoms with van der Waals surface area (Å²) in [5.74, 6) is 0.833. The lowest BCUT2D eigenvalue weighted by Crippen LogP contribution is -2.72. The molecule has 0 radical (unpaired) electrons. The second-order valence-corrected chi connectivity index (χ2v) is 14.7. The van der Waals surface area contributed by atoms with Gasteiger partial charge in [-0.2, -0.15) is 5.26 Å². The highest BCUT2D eigenvalue weighted by atomic mass is 32.2. The molecular weight excluding hydrogens is 544 g/mol. The highest BCUT2D eigenvalue weighted by Gasteiger charge is 2.51. The maximum absolute atomic E-state index is 12.6. The summed E-state index contributed by atoms with van der Waals surface area (Å²) in [6, 6.07) is 11.5. The van der Waals surface area contributed by atoms with Gasteiger partial charge in [0.15, 0.2) is 6.35 Å². The average molecular weight is 595 g/mol. The Morgan fingerprint density at radius 2 is 2.19 bits per heavy atom.